The molecule has 0 aliphatic carbocycles. The quantitative estimate of drug-likeness (QED) is 0.660. The van der Waals surface area contributed by atoms with E-state index in [-0.39, 0.29) is 11.9 Å². The minimum Gasteiger partial charge on any atom is -0.378 e. The highest BCUT2D eigenvalue weighted by Crippen LogP contribution is 2.40. The minimum atomic E-state index is -0.0656. The van der Waals surface area contributed by atoms with Gasteiger partial charge in [-0.15, -0.1) is 0 Å². The molecule has 4 heteroatoms. The van der Waals surface area contributed by atoms with E-state index in [9.17, 15) is 0 Å². The third-order valence-electron chi connectivity index (χ3n) is 6.14. The van der Waals surface area contributed by atoms with Crippen molar-refractivity contribution < 1.29 is 9.13 Å². The second-order valence-electron chi connectivity index (χ2n) is 7.81. The average molecular weight is 376 g/mol. The third kappa shape index (κ3) is 2.97. The highest BCUT2D eigenvalue weighted by molar-refractivity contribution is 5.83. The van der Waals surface area contributed by atoms with Crippen LogP contribution in [0.3, 0.4) is 0 Å². The van der Waals surface area contributed by atoms with Crippen LogP contribution in [0.25, 0.3) is 10.8 Å². The van der Waals surface area contributed by atoms with Crippen molar-refractivity contribution >= 4 is 16.5 Å². The molecule has 0 saturated carbocycles. The van der Waals surface area contributed by atoms with Gasteiger partial charge in [-0.1, -0.05) is 42.5 Å². The molecule has 2 aliphatic rings. The lowest BCUT2D eigenvalue weighted by Gasteiger charge is -2.37. The first-order valence-electron chi connectivity index (χ1n) is 10.1. The second kappa shape index (κ2) is 7.19. The molecule has 0 bridgehead atoms. The Bertz CT molecular complexity index is 1010. The molecule has 28 heavy (non-hydrogen) atoms. The number of morpholine rings is 1. The topological polar surface area (TPSA) is 15.7 Å². The van der Waals surface area contributed by atoms with Crippen molar-refractivity contribution in [3.63, 3.8) is 0 Å². The SMILES string of the molecule is CN1CCc2ccc(N3CCOCC3)c(F)c2C1c1ccc2ccccc2c1. The lowest BCUT2D eigenvalue weighted by molar-refractivity contribution is 0.122. The number of likely N-dealkylation sites (N-methyl/N-ethyl adjacent to an activating group) is 1. The molecule has 1 atom stereocenters. The Morgan fingerprint density at radius 2 is 1.71 bits per heavy atom. The maximum Gasteiger partial charge on any atom is 0.151 e. The number of fused-ring (bicyclic) bond motifs is 2. The molecule has 1 saturated heterocycles. The number of ether oxygens (including phenoxy) is 1. The second-order valence-corrected chi connectivity index (χ2v) is 7.81. The molecule has 0 radical (unpaired) electrons. The number of hydrogen-bond acceptors (Lipinski definition) is 3. The predicted molar refractivity (Wildman–Crippen MR) is 112 cm³/mol. The van der Waals surface area contributed by atoms with Crippen LogP contribution >= 0.6 is 0 Å². The summed E-state index contributed by atoms with van der Waals surface area (Å²) in [7, 11) is 2.10. The summed E-state index contributed by atoms with van der Waals surface area (Å²) < 4.78 is 21.3. The molecule has 3 nitrogen and oxygen atoms in total. The van der Waals surface area contributed by atoms with Crippen LogP contribution in [-0.4, -0.2) is 44.8 Å². The van der Waals surface area contributed by atoms with Crippen LogP contribution in [0.1, 0.15) is 22.7 Å². The van der Waals surface area contributed by atoms with Gasteiger partial charge in [0.15, 0.2) is 5.82 Å². The molecule has 144 valence electrons. The minimum absolute atomic E-state index is 0.0608. The molecular formula is C24H25FN2O. The first-order valence-corrected chi connectivity index (χ1v) is 10.1. The number of anilines is 1. The lowest BCUT2D eigenvalue weighted by atomic mass is 9.86. The van der Waals surface area contributed by atoms with Gasteiger partial charge in [-0.3, -0.25) is 4.90 Å². The molecule has 5 rings (SSSR count). The first kappa shape index (κ1) is 17.7. The number of hydrogen-bond donors (Lipinski definition) is 0. The molecule has 0 amide bonds. The van der Waals surface area contributed by atoms with E-state index in [0.29, 0.717) is 18.9 Å². The van der Waals surface area contributed by atoms with Crippen LogP contribution in [0.5, 0.6) is 0 Å². The molecule has 0 N–H and O–H groups in total. The van der Waals surface area contributed by atoms with E-state index < -0.39 is 0 Å². The maximum atomic E-state index is 15.9. The van der Waals surface area contributed by atoms with E-state index in [1.54, 1.807) is 0 Å². The van der Waals surface area contributed by atoms with Gasteiger partial charge in [0.25, 0.3) is 0 Å². The highest BCUT2D eigenvalue weighted by Gasteiger charge is 2.31. The first-order chi connectivity index (χ1) is 13.7. The van der Waals surface area contributed by atoms with Crippen LogP contribution in [0.4, 0.5) is 10.1 Å². The molecular weight excluding hydrogens is 351 g/mol. The van der Waals surface area contributed by atoms with Gasteiger partial charge in [-0.25, -0.2) is 4.39 Å². The fourth-order valence-electron chi connectivity index (χ4n) is 4.63. The summed E-state index contributed by atoms with van der Waals surface area (Å²) in [6, 6.07) is 18.9. The Labute approximate surface area is 165 Å². The standard InChI is InChI=1S/C24H25FN2O/c1-26-11-10-18-8-9-21(27-12-14-28-15-13-27)23(25)22(18)24(26)20-7-6-17-4-2-3-5-19(17)16-20/h2-9,16,24H,10-15H2,1H3. The smallest absolute Gasteiger partial charge is 0.151 e. The Morgan fingerprint density at radius 1 is 0.929 bits per heavy atom. The highest BCUT2D eigenvalue weighted by atomic mass is 19.1. The summed E-state index contributed by atoms with van der Waals surface area (Å²) in [5, 5.41) is 2.41. The van der Waals surface area contributed by atoms with Gasteiger partial charge in [-0.2, -0.15) is 0 Å². The summed E-state index contributed by atoms with van der Waals surface area (Å²) in [6.07, 6.45) is 0.885. The Hall–Kier alpha value is -2.43. The van der Waals surface area contributed by atoms with Crippen LogP contribution in [0.15, 0.2) is 54.6 Å². The monoisotopic (exact) mass is 376 g/mol. The summed E-state index contributed by atoms with van der Waals surface area (Å²) in [6.45, 7) is 3.73. The number of benzene rings is 3. The van der Waals surface area contributed by atoms with Crippen molar-refractivity contribution in [2.75, 3.05) is 44.8 Å². The normalized spacial score (nSPS) is 20.4. The summed E-state index contributed by atoms with van der Waals surface area (Å²) in [4.78, 5) is 4.39. The molecule has 0 spiro atoms. The van der Waals surface area contributed by atoms with Gasteiger partial charge in [0.2, 0.25) is 0 Å². The molecule has 2 aliphatic heterocycles. The largest absolute Gasteiger partial charge is 0.378 e. The van der Waals surface area contributed by atoms with E-state index in [1.165, 1.54) is 10.8 Å². The zero-order chi connectivity index (χ0) is 19.1. The number of rotatable bonds is 2. The van der Waals surface area contributed by atoms with E-state index in [0.717, 1.165) is 42.7 Å². The van der Waals surface area contributed by atoms with Gasteiger partial charge in [-0.05, 0) is 47.5 Å². The Balaban J connectivity index is 1.63. The molecule has 3 aromatic rings. The zero-order valence-corrected chi connectivity index (χ0v) is 16.2. The van der Waals surface area contributed by atoms with Crippen LogP contribution in [-0.2, 0) is 11.2 Å². The van der Waals surface area contributed by atoms with Gasteiger partial charge >= 0.3 is 0 Å². The predicted octanol–water partition coefficient (Wildman–Crippen LogP) is 4.39. The third-order valence-corrected chi connectivity index (χ3v) is 6.14. The van der Waals surface area contributed by atoms with Gasteiger partial charge in [0.1, 0.15) is 0 Å². The van der Waals surface area contributed by atoms with Crippen molar-refractivity contribution in [3.05, 3.63) is 77.1 Å². The fraction of sp³-hybridized carbons (Fsp3) is 0.333. The van der Waals surface area contributed by atoms with Crippen LogP contribution < -0.4 is 4.90 Å². The van der Waals surface area contributed by atoms with Crippen molar-refractivity contribution in [1.29, 1.82) is 0 Å². The summed E-state index contributed by atoms with van der Waals surface area (Å²) >= 11 is 0. The van der Waals surface area contributed by atoms with E-state index in [4.69, 9.17) is 4.74 Å². The van der Waals surface area contributed by atoms with Crippen molar-refractivity contribution in [2.45, 2.75) is 12.5 Å². The lowest BCUT2D eigenvalue weighted by Crippen LogP contribution is -2.38. The van der Waals surface area contributed by atoms with Crippen molar-refractivity contribution in [3.8, 4) is 0 Å². The fourth-order valence-corrected chi connectivity index (χ4v) is 4.63. The number of halogens is 1. The Morgan fingerprint density at radius 3 is 2.54 bits per heavy atom. The van der Waals surface area contributed by atoms with Gasteiger partial charge in [0, 0.05) is 25.2 Å². The van der Waals surface area contributed by atoms with Crippen LogP contribution in [0.2, 0.25) is 0 Å². The number of nitrogens with zero attached hydrogens (tertiary/aromatic N) is 2. The molecule has 2 heterocycles. The van der Waals surface area contributed by atoms with E-state index in [1.807, 2.05) is 6.07 Å². The molecule has 1 fully saturated rings. The Kier molecular flexibility index (Phi) is 4.53. The van der Waals surface area contributed by atoms with Crippen LogP contribution in [0, 0.1) is 5.82 Å². The van der Waals surface area contributed by atoms with Gasteiger partial charge < -0.3 is 9.64 Å². The maximum absolute atomic E-state index is 15.9. The molecule has 1 unspecified atom stereocenters. The van der Waals surface area contributed by atoms with E-state index >= 15 is 4.39 Å². The van der Waals surface area contributed by atoms with Crippen molar-refractivity contribution in [2.24, 2.45) is 0 Å². The van der Waals surface area contributed by atoms with Gasteiger partial charge in [0.05, 0.1) is 24.9 Å². The zero-order valence-electron chi connectivity index (χ0n) is 16.2. The van der Waals surface area contributed by atoms with Crippen molar-refractivity contribution in [1.82, 2.24) is 4.90 Å². The summed E-state index contributed by atoms with van der Waals surface area (Å²) in [5.74, 6) is -0.0656. The summed E-state index contributed by atoms with van der Waals surface area (Å²) in [5.41, 5.74) is 3.84. The average Bonchev–Trinajstić information content (AvgIpc) is 2.74. The van der Waals surface area contributed by atoms with E-state index in [2.05, 4.69) is 65.4 Å². The molecule has 3 aromatic carbocycles. The molecule has 0 aromatic heterocycles.